The minimum absolute atomic E-state index is 0.0215. The zero-order valence-corrected chi connectivity index (χ0v) is 20.6. The normalized spacial score (nSPS) is 11.6. The molecule has 38 heavy (non-hydrogen) atoms. The topological polar surface area (TPSA) is 114 Å². The molecule has 2 heterocycles. The highest BCUT2D eigenvalue weighted by molar-refractivity contribution is 6.34. The zero-order valence-electron chi connectivity index (χ0n) is 19.9. The van der Waals surface area contributed by atoms with Crippen molar-refractivity contribution in [3.8, 4) is 22.6 Å². The molecule has 0 aliphatic rings. The fraction of sp³-hybridized carbons (Fsp3) is 0.111. The molecule has 194 valence electrons. The van der Waals surface area contributed by atoms with Crippen LogP contribution in [0.4, 0.5) is 14.6 Å². The van der Waals surface area contributed by atoms with Crippen molar-refractivity contribution < 1.29 is 27.8 Å². The van der Waals surface area contributed by atoms with Crippen molar-refractivity contribution in [2.75, 3.05) is 5.73 Å². The number of carbonyl (C=O) groups is 2. The number of ketones is 1. The van der Waals surface area contributed by atoms with Crippen LogP contribution in [0.2, 0.25) is 5.02 Å². The summed E-state index contributed by atoms with van der Waals surface area (Å²) in [5, 5.41) is 0.0243. The van der Waals surface area contributed by atoms with E-state index in [1.165, 1.54) is 65.6 Å². The maximum atomic E-state index is 14.8. The Bertz CT molecular complexity index is 1570. The number of halogens is 3. The van der Waals surface area contributed by atoms with Crippen LogP contribution in [0.5, 0.6) is 11.5 Å². The molecule has 2 aromatic heterocycles. The number of anilines is 1. The molecule has 4 rings (SSSR count). The van der Waals surface area contributed by atoms with Gasteiger partial charge in [0.15, 0.2) is 34.8 Å². The molecule has 0 amide bonds. The smallest absolute Gasteiger partial charge is 0.295 e. The van der Waals surface area contributed by atoms with Crippen molar-refractivity contribution in [3.63, 3.8) is 0 Å². The largest absolute Gasteiger partial charge is 0.453 e. The Morgan fingerprint density at radius 3 is 2.55 bits per heavy atom. The molecule has 0 spiro atoms. The first-order valence-corrected chi connectivity index (χ1v) is 11.6. The lowest BCUT2D eigenvalue weighted by atomic mass is 9.99. The van der Waals surface area contributed by atoms with Crippen LogP contribution in [-0.4, -0.2) is 21.8 Å². The predicted octanol–water partition coefficient (Wildman–Crippen LogP) is 5.33. The second-order valence-electron chi connectivity index (χ2n) is 8.18. The van der Waals surface area contributed by atoms with Gasteiger partial charge in [0, 0.05) is 36.6 Å². The second-order valence-corrected chi connectivity index (χ2v) is 8.55. The van der Waals surface area contributed by atoms with Crippen molar-refractivity contribution >= 4 is 29.7 Å². The molecule has 0 fully saturated rings. The number of hydrogen-bond donors (Lipinski definition) is 1. The third kappa shape index (κ3) is 5.70. The summed E-state index contributed by atoms with van der Waals surface area (Å²) in [6.45, 7) is 1.78. The van der Waals surface area contributed by atoms with Crippen LogP contribution < -0.4 is 15.9 Å². The molecule has 2 N–H and O–H groups in total. The number of pyridine rings is 2. The first-order chi connectivity index (χ1) is 18.2. The van der Waals surface area contributed by atoms with Gasteiger partial charge in [-0.15, -0.1) is 0 Å². The van der Waals surface area contributed by atoms with Gasteiger partial charge in [0.1, 0.15) is 16.7 Å². The van der Waals surface area contributed by atoms with Gasteiger partial charge in [-0.25, -0.2) is 13.8 Å². The lowest BCUT2D eigenvalue weighted by Gasteiger charge is -2.17. The van der Waals surface area contributed by atoms with Gasteiger partial charge in [0.25, 0.3) is 6.47 Å². The van der Waals surface area contributed by atoms with E-state index in [9.17, 15) is 23.2 Å². The van der Waals surface area contributed by atoms with E-state index in [1.54, 1.807) is 6.92 Å². The standard InChI is InChI=1S/C27H20ClF2N3O5/c1-15(37-14-34)33-12-19(17-3-5-18(29)6-4-17)26(36)20(13-33)22(35)11-16-2-7-23(21(30)10-16)38-24-8-9-32-27(31)25(24)28/h2-10,12-15H,11H2,1H3,(H2,31,32). The fourth-order valence-corrected chi connectivity index (χ4v) is 3.80. The number of nitrogens with two attached hydrogens (primary N) is 1. The summed E-state index contributed by atoms with van der Waals surface area (Å²) in [7, 11) is 0. The number of nitrogens with zero attached hydrogens (tertiary/aromatic N) is 2. The highest BCUT2D eigenvalue weighted by Gasteiger charge is 2.20. The predicted molar refractivity (Wildman–Crippen MR) is 136 cm³/mol. The van der Waals surface area contributed by atoms with Gasteiger partial charge in [-0.1, -0.05) is 29.8 Å². The Balaban J connectivity index is 1.65. The summed E-state index contributed by atoms with van der Waals surface area (Å²) in [6, 6.07) is 10.5. The van der Waals surface area contributed by atoms with Crippen LogP contribution >= 0.6 is 11.6 Å². The Labute approximate surface area is 220 Å². The molecule has 0 saturated carbocycles. The van der Waals surface area contributed by atoms with Crippen LogP contribution in [0.15, 0.2) is 71.9 Å². The third-order valence-corrected chi connectivity index (χ3v) is 6.02. The molecule has 0 aliphatic heterocycles. The van der Waals surface area contributed by atoms with E-state index in [4.69, 9.17) is 26.8 Å². The first-order valence-electron chi connectivity index (χ1n) is 11.2. The molecule has 2 aromatic carbocycles. The molecular weight excluding hydrogens is 520 g/mol. The van der Waals surface area contributed by atoms with Crippen LogP contribution in [0.25, 0.3) is 11.1 Å². The van der Waals surface area contributed by atoms with Crippen LogP contribution in [0.3, 0.4) is 0 Å². The lowest BCUT2D eigenvalue weighted by Crippen LogP contribution is -2.23. The van der Waals surface area contributed by atoms with Crippen molar-refractivity contribution in [1.82, 2.24) is 9.55 Å². The molecule has 1 atom stereocenters. The Hall–Kier alpha value is -4.57. The molecule has 4 aromatic rings. The lowest BCUT2D eigenvalue weighted by molar-refractivity contribution is -0.136. The summed E-state index contributed by atoms with van der Waals surface area (Å²) >= 11 is 6.04. The Morgan fingerprint density at radius 1 is 1.13 bits per heavy atom. The van der Waals surface area contributed by atoms with E-state index < -0.39 is 29.1 Å². The zero-order chi connectivity index (χ0) is 27.4. The monoisotopic (exact) mass is 539 g/mol. The van der Waals surface area contributed by atoms with E-state index in [-0.39, 0.29) is 51.9 Å². The van der Waals surface area contributed by atoms with Crippen LogP contribution in [0.1, 0.15) is 29.1 Å². The first kappa shape index (κ1) is 26.5. The molecule has 0 bridgehead atoms. The fourth-order valence-electron chi connectivity index (χ4n) is 3.65. The number of rotatable bonds is 9. The average molecular weight is 540 g/mol. The van der Waals surface area contributed by atoms with E-state index in [1.807, 2.05) is 0 Å². The van der Waals surface area contributed by atoms with Gasteiger partial charge in [-0.2, -0.15) is 0 Å². The van der Waals surface area contributed by atoms with E-state index >= 15 is 0 Å². The molecule has 1 unspecified atom stereocenters. The van der Waals surface area contributed by atoms with Gasteiger partial charge in [-0.05, 0) is 42.3 Å². The SMILES string of the molecule is CC(OC=O)n1cc(C(=O)Cc2ccc(Oc3ccnc(N)c3Cl)c(F)c2)c(=O)c(-c2ccc(F)cc2)c1. The van der Waals surface area contributed by atoms with Crippen molar-refractivity contribution in [2.24, 2.45) is 0 Å². The van der Waals surface area contributed by atoms with E-state index in [2.05, 4.69) is 4.98 Å². The van der Waals surface area contributed by atoms with Gasteiger partial charge < -0.3 is 19.8 Å². The van der Waals surface area contributed by atoms with Crippen molar-refractivity contribution in [1.29, 1.82) is 0 Å². The number of Topliss-reactive ketones (excluding diaryl/α,β-unsaturated/α-hetero) is 1. The summed E-state index contributed by atoms with van der Waals surface area (Å²) < 4.78 is 40.0. The number of aromatic nitrogens is 2. The summed E-state index contributed by atoms with van der Waals surface area (Å²) in [4.78, 5) is 41.1. The quantitative estimate of drug-likeness (QED) is 0.226. The van der Waals surface area contributed by atoms with Gasteiger partial charge >= 0.3 is 0 Å². The molecular formula is C27H20ClF2N3O5. The molecule has 11 heteroatoms. The van der Waals surface area contributed by atoms with Crippen molar-refractivity contribution in [3.05, 3.63) is 105 Å². The average Bonchev–Trinajstić information content (AvgIpc) is 2.89. The maximum absolute atomic E-state index is 14.8. The summed E-state index contributed by atoms with van der Waals surface area (Å²) in [5.74, 6) is -1.91. The van der Waals surface area contributed by atoms with Gasteiger partial charge in [0.2, 0.25) is 0 Å². The third-order valence-electron chi connectivity index (χ3n) is 5.64. The number of benzene rings is 2. The molecule has 0 saturated heterocycles. The number of hydrogen-bond acceptors (Lipinski definition) is 7. The number of nitrogen functional groups attached to an aromatic ring is 1. The summed E-state index contributed by atoms with van der Waals surface area (Å²) in [6.07, 6.45) is 2.86. The molecule has 0 radical (unpaired) electrons. The van der Waals surface area contributed by atoms with Crippen LogP contribution in [0, 0.1) is 11.6 Å². The Kier molecular flexibility index (Phi) is 7.82. The van der Waals surface area contributed by atoms with Gasteiger partial charge in [-0.3, -0.25) is 14.4 Å². The number of carbonyl (C=O) groups excluding carboxylic acids is 2. The van der Waals surface area contributed by atoms with Crippen molar-refractivity contribution in [2.45, 2.75) is 19.6 Å². The van der Waals surface area contributed by atoms with E-state index in [0.717, 1.165) is 6.07 Å². The second kappa shape index (κ2) is 11.2. The van der Waals surface area contributed by atoms with E-state index in [0.29, 0.717) is 5.56 Å². The Morgan fingerprint density at radius 2 is 1.87 bits per heavy atom. The number of ether oxygens (including phenoxy) is 2. The minimum Gasteiger partial charge on any atom is -0.453 e. The molecule has 8 nitrogen and oxygen atoms in total. The molecule has 0 aliphatic carbocycles. The highest BCUT2D eigenvalue weighted by atomic mass is 35.5. The maximum Gasteiger partial charge on any atom is 0.295 e. The van der Waals surface area contributed by atoms with Crippen LogP contribution in [-0.2, 0) is 16.0 Å². The highest BCUT2D eigenvalue weighted by Crippen LogP contribution is 2.33. The van der Waals surface area contributed by atoms with Gasteiger partial charge in [0.05, 0.1) is 5.56 Å². The minimum atomic E-state index is -0.846. The summed E-state index contributed by atoms with van der Waals surface area (Å²) in [5.41, 5.74) is 5.54.